The molecule has 1 heterocycles. The molecule has 1 fully saturated rings. The zero-order valence-corrected chi connectivity index (χ0v) is 21.0. The predicted molar refractivity (Wildman–Crippen MR) is 127 cm³/mol. The van der Waals surface area contributed by atoms with Gasteiger partial charge in [-0.25, -0.2) is 4.79 Å². The van der Waals surface area contributed by atoms with Crippen LogP contribution in [0.5, 0.6) is 11.5 Å². The largest absolute Gasteiger partial charge is 0.492 e. The minimum absolute atomic E-state index is 0.0956. The molecule has 1 aliphatic heterocycles. The zero-order chi connectivity index (χ0) is 24.4. The molecule has 0 spiro atoms. The number of aryl methyl sites for hydroxylation is 2. The van der Waals surface area contributed by atoms with Crippen molar-refractivity contribution in [3.63, 3.8) is 0 Å². The van der Waals surface area contributed by atoms with Crippen LogP contribution < -0.4 is 8.92 Å². The molecule has 8 heteroatoms. The molecule has 180 valence electrons. The summed E-state index contributed by atoms with van der Waals surface area (Å²) in [6.07, 6.45) is 1.11. The molecule has 0 saturated carbocycles. The van der Waals surface area contributed by atoms with Crippen molar-refractivity contribution in [2.45, 2.75) is 63.9 Å². The number of hydrogen-bond donors (Lipinski definition) is 0. The number of benzene rings is 2. The summed E-state index contributed by atoms with van der Waals surface area (Å²) in [6.45, 7) is 10.4. The van der Waals surface area contributed by atoms with E-state index in [0.29, 0.717) is 31.7 Å². The van der Waals surface area contributed by atoms with Gasteiger partial charge < -0.3 is 18.6 Å². The van der Waals surface area contributed by atoms with E-state index in [1.165, 1.54) is 13.2 Å². The molecule has 0 N–H and O–H groups in total. The number of carbonyl (C=O) groups excluding carboxylic acids is 1. The van der Waals surface area contributed by atoms with Gasteiger partial charge in [-0.1, -0.05) is 18.2 Å². The van der Waals surface area contributed by atoms with Gasteiger partial charge in [0.2, 0.25) is 0 Å². The highest BCUT2D eigenvalue weighted by Gasteiger charge is 2.30. The quantitative estimate of drug-likeness (QED) is 0.553. The molecule has 2 aromatic carbocycles. The van der Waals surface area contributed by atoms with Gasteiger partial charge in [0.25, 0.3) is 0 Å². The Morgan fingerprint density at radius 1 is 1.03 bits per heavy atom. The number of carbonyl (C=O) groups is 1. The van der Waals surface area contributed by atoms with Gasteiger partial charge in [0.15, 0.2) is 11.5 Å². The van der Waals surface area contributed by atoms with Crippen molar-refractivity contribution in [2.24, 2.45) is 0 Å². The molecule has 1 aliphatic rings. The van der Waals surface area contributed by atoms with Crippen molar-refractivity contribution in [1.82, 2.24) is 4.90 Å². The fraction of sp³-hybridized carbons (Fsp3) is 0.480. The molecule has 3 rings (SSSR count). The van der Waals surface area contributed by atoms with E-state index < -0.39 is 15.7 Å². The van der Waals surface area contributed by atoms with Gasteiger partial charge in [0.05, 0.1) is 7.11 Å². The highest BCUT2D eigenvalue weighted by molar-refractivity contribution is 7.87. The average Bonchev–Trinajstić information content (AvgIpc) is 2.72. The first-order valence-corrected chi connectivity index (χ1v) is 12.5. The normalized spacial score (nSPS) is 15.3. The fourth-order valence-corrected chi connectivity index (χ4v) is 5.02. The Bertz CT molecular complexity index is 1110. The van der Waals surface area contributed by atoms with Crippen LogP contribution in [0.4, 0.5) is 4.79 Å². The van der Waals surface area contributed by atoms with Gasteiger partial charge in [-0.2, -0.15) is 8.42 Å². The summed E-state index contributed by atoms with van der Waals surface area (Å²) in [6, 6.07) is 10.3. The van der Waals surface area contributed by atoms with Gasteiger partial charge >= 0.3 is 16.2 Å². The van der Waals surface area contributed by atoms with Gasteiger partial charge in [-0.15, -0.1) is 0 Å². The molecule has 0 radical (unpaired) electrons. The highest BCUT2D eigenvalue weighted by Crippen LogP contribution is 2.42. The number of methoxy groups -OCH3 is 1. The average molecular weight is 476 g/mol. The standard InChI is InChI=1S/C25H33NO6S/c1-17-8-7-9-20(14-17)33(28,29)32-22-16-18(2)15-21(23(22)30-6)19-10-12-26(13-11-19)24(27)31-25(3,4)5/h7-9,14-16,19H,10-13H2,1-6H3. The van der Waals surface area contributed by atoms with E-state index in [4.69, 9.17) is 13.7 Å². The Labute approximate surface area is 196 Å². The van der Waals surface area contributed by atoms with Crippen molar-refractivity contribution >= 4 is 16.2 Å². The van der Waals surface area contributed by atoms with Crippen LogP contribution in [0.2, 0.25) is 0 Å². The van der Waals surface area contributed by atoms with E-state index in [2.05, 4.69) is 0 Å². The summed E-state index contributed by atoms with van der Waals surface area (Å²) in [5, 5.41) is 0. The van der Waals surface area contributed by atoms with Crippen LogP contribution >= 0.6 is 0 Å². The number of amides is 1. The Hall–Kier alpha value is -2.74. The van der Waals surface area contributed by atoms with E-state index in [0.717, 1.165) is 16.7 Å². The molecule has 0 bridgehead atoms. The second-order valence-corrected chi connectivity index (χ2v) is 11.0. The van der Waals surface area contributed by atoms with Crippen molar-refractivity contribution in [1.29, 1.82) is 0 Å². The second-order valence-electron chi connectivity index (χ2n) is 9.48. The number of ether oxygens (including phenoxy) is 2. The molecule has 1 saturated heterocycles. The van der Waals surface area contributed by atoms with Crippen LogP contribution in [0.3, 0.4) is 0 Å². The first-order valence-electron chi connectivity index (χ1n) is 11.1. The molecule has 0 aromatic heterocycles. The molecular formula is C25H33NO6S. The van der Waals surface area contributed by atoms with Crippen molar-refractivity contribution in [3.05, 3.63) is 53.1 Å². The minimum Gasteiger partial charge on any atom is -0.492 e. The van der Waals surface area contributed by atoms with Crippen molar-refractivity contribution < 1.29 is 26.9 Å². The molecule has 33 heavy (non-hydrogen) atoms. The third-order valence-corrected chi connectivity index (χ3v) is 6.73. The van der Waals surface area contributed by atoms with E-state index in [1.54, 1.807) is 23.1 Å². The van der Waals surface area contributed by atoms with Crippen LogP contribution in [0, 0.1) is 13.8 Å². The second kappa shape index (κ2) is 9.63. The summed E-state index contributed by atoms with van der Waals surface area (Å²) in [5.74, 6) is 0.679. The van der Waals surface area contributed by atoms with Gasteiger partial charge in [0.1, 0.15) is 10.5 Å². The summed E-state index contributed by atoms with van der Waals surface area (Å²) in [5.41, 5.74) is 2.04. The first kappa shape index (κ1) is 24.9. The van der Waals surface area contributed by atoms with E-state index in [1.807, 2.05) is 46.8 Å². The lowest BCUT2D eigenvalue weighted by molar-refractivity contribution is 0.0204. The lowest BCUT2D eigenvalue weighted by atomic mass is 9.88. The zero-order valence-electron chi connectivity index (χ0n) is 20.2. The first-order chi connectivity index (χ1) is 15.4. The Morgan fingerprint density at radius 3 is 2.27 bits per heavy atom. The molecule has 2 aromatic rings. The lowest BCUT2D eigenvalue weighted by Gasteiger charge is -2.34. The fourth-order valence-electron chi connectivity index (χ4n) is 3.99. The smallest absolute Gasteiger partial charge is 0.410 e. The molecule has 0 unspecified atom stereocenters. The van der Waals surface area contributed by atoms with Crippen LogP contribution in [0.25, 0.3) is 0 Å². The maximum atomic E-state index is 12.9. The molecule has 0 aliphatic carbocycles. The molecule has 7 nitrogen and oxygen atoms in total. The topological polar surface area (TPSA) is 82.1 Å². The number of rotatable bonds is 5. The Balaban J connectivity index is 1.83. The summed E-state index contributed by atoms with van der Waals surface area (Å²) >= 11 is 0. The highest BCUT2D eigenvalue weighted by atomic mass is 32.2. The predicted octanol–water partition coefficient (Wildman–Crippen LogP) is 5.19. The third kappa shape index (κ3) is 6.19. The van der Waals surface area contributed by atoms with Crippen LogP contribution in [0.1, 0.15) is 56.2 Å². The van der Waals surface area contributed by atoms with Crippen LogP contribution in [-0.4, -0.2) is 45.2 Å². The minimum atomic E-state index is -4.02. The number of hydrogen-bond acceptors (Lipinski definition) is 6. The maximum Gasteiger partial charge on any atom is 0.410 e. The van der Waals surface area contributed by atoms with E-state index in [-0.39, 0.29) is 22.7 Å². The van der Waals surface area contributed by atoms with Gasteiger partial charge in [-0.3, -0.25) is 0 Å². The SMILES string of the molecule is COc1c(OS(=O)(=O)c2cccc(C)c2)cc(C)cc1C1CCN(C(=O)OC(C)(C)C)CC1. The summed E-state index contributed by atoms with van der Waals surface area (Å²) < 4.78 is 42.5. The molecule has 0 atom stereocenters. The van der Waals surface area contributed by atoms with Gasteiger partial charge in [0, 0.05) is 18.7 Å². The Morgan fingerprint density at radius 2 is 1.70 bits per heavy atom. The molecule has 1 amide bonds. The van der Waals surface area contributed by atoms with E-state index >= 15 is 0 Å². The van der Waals surface area contributed by atoms with Crippen LogP contribution in [0.15, 0.2) is 41.3 Å². The number of likely N-dealkylation sites (tertiary alicyclic amines) is 1. The summed E-state index contributed by atoms with van der Waals surface area (Å²) in [4.78, 5) is 14.2. The number of nitrogens with zero attached hydrogens (tertiary/aromatic N) is 1. The third-order valence-electron chi connectivity index (χ3n) is 5.50. The van der Waals surface area contributed by atoms with E-state index in [9.17, 15) is 13.2 Å². The number of piperidine rings is 1. The van der Waals surface area contributed by atoms with Gasteiger partial charge in [-0.05, 0) is 82.7 Å². The van der Waals surface area contributed by atoms with Crippen LogP contribution in [-0.2, 0) is 14.9 Å². The Kier molecular flexibility index (Phi) is 7.26. The lowest BCUT2D eigenvalue weighted by Crippen LogP contribution is -2.41. The molecular weight excluding hydrogens is 442 g/mol. The monoisotopic (exact) mass is 475 g/mol. The van der Waals surface area contributed by atoms with Crippen molar-refractivity contribution in [3.8, 4) is 11.5 Å². The van der Waals surface area contributed by atoms with Crippen molar-refractivity contribution in [2.75, 3.05) is 20.2 Å². The maximum absolute atomic E-state index is 12.9. The summed E-state index contributed by atoms with van der Waals surface area (Å²) in [7, 11) is -2.51.